The van der Waals surface area contributed by atoms with Crippen LogP contribution in [0.15, 0.2) is 28.7 Å². The second-order valence-electron chi connectivity index (χ2n) is 8.21. The number of carbonyl (C=O) groups excluding carboxylic acids is 1. The number of carbonyl (C=O) groups is 1. The number of fused-ring (bicyclic) bond motifs is 1. The van der Waals surface area contributed by atoms with Crippen molar-refractivity contribution in [3.63, 3.8) is 0 Å². The van der Waals surface area contributed by atoms with Crippen LogP contribution in [0, 0.1) is 10.1 Å². The molecule has 0 aliphatic carbocycles. The van der Waals surface area contributed by atoms with Crippen LogP contribution in [0.4, 0.5) is 5.69 Å². The molecule has 1 aliphatic rings. The third-order valence-electron chi connectivity index (χ3n) is 4.81. The van der Waals surface area contributed by atoms with Crippen LogP contribution in [0.25, 0.3) is 0 Å². The van der Waals surface area contributed by atoms with Gasteiger partial charge in [-0.15, -0.1) is 0 Å². The summed E-state index contributed by atoms with van der Waals surface area (Å²) in [7, 11) is 0. The molecule has 0 spiro atoms. The third kappa shape index (κ3) is 5.13. The Morgan fingerprint density at radius 3 is 2.68 bits per heavy atom. The van der Waals surface area contributed by atoms with Crippen molar-refractivity contribution in [1.29, 1.82) is 0 Å². The Morgan fingerprint density at radius 2 is 2.06 bits per heavy atom. The lowest BCUT2D eigenvalue weighted by Crippen LogP contribution is -2.23. The third-order valence-corrected chi connectivity index (χ3v) is 5.81. The SMILES string of the molecule is CCC1CCOc2c1cc(Cl)c(Oc1ccc(C(=O)OC(C)(C)C)cc1[N+](=O)[O-])c2Br. The van der Waals surface area contributed by atoms with Gasteiger partial charge in [-0.2, -0.15) is 0 Å². The highest BCUT2D eigenvalue weighted by atomic mass is 79.9. The van der Waals surface area contributed by atoms with Crippen molar-refractivity contribution >= 4 is 39.2 Å². The first-order chi connectivity index (χ1) is 14.5. The topological polar surface area (TPSA) is 87.9 Å². The minimum absolute atomic E-state index is 0.0530. The monoisotopic (exact) mass is 511 g/mol. The van der Waals surface area contributed by atoms with Crippen molar-refractivity contribution < 1.29 is 23.9 Å². The highest BCUT2D eigenvalue weighted by Crippen LogP contribution is 2.50. The van der Waals surface area contributed by atoms with Gasteiger partial charge in [0, 0.05) is 11.6 Å². The van der Waals surface area contributed by atoms with E-state index < -0.39 is 16.5 Å². The molecule has 0 N–H and O–H groups in total. The number of rotatable bonds is 5. The summed E-state index contributed by atoms with van der Waals surface area (Å²) >= 11 is 9.96. The molecule has 31 heavy (non-hydrogen) atoms. The molecule has 0 radical (unpaired) electrons. The van der Waals surface area contributed by atoms with E-state index in [9.17, 15) is 14.9 Å². The van der Waals surface area contributed by atoms with Gasteiger partial charge in [0.15, 0.2) is 5.75 Å². The fraction of sp³-hybridized carbons (Fsp3) is 0.409. The Labute approximate surface area is 193 Å². The minimum Gasteiger partial charge on any atom is -0.492 e. The predicted octanol–water partition coefficient (Wildman–Crippen LogP) is 7.03. The van der Waals surface area contributed by atoms with Gasteiger partial charge in [-0.3, -0.25) is 10.1 Å². The summed E-state index contributed by atoms with van der Waals surface area (Å²) in [5.74, 6) is 0.446. The van der Waals surface area contributed by atoms with E-state index in [1.165, 1.54) is 12.1 Å². The Kier molecular flexibility index (Phi) is 6.81. The van der Waals surface area contributed by atoms with Crippen molar-refractivity contribution in [1.82, 2.24) is 0 Å². The molecule has 1 heterocycles. The molecule has 1 aliphatic heterocycles. The van der Waals surface area contributed by atoms with Gasteiger partial charge in [0.05, 0.1) is 22.1 Å². The van der Waals surface area contributed by atoms with Gasteiger partial charge < -0.3 is 14.2 Å². The largest absolute Gasteiger partial charge is 0.492 e. The molecule has 0 amide bonds. The fourth-order valence-corrected chi connectivity index (χ4v) is 4.35. The maximum absolute atomic E-state index is 12.3. The van der Waals surface area contributed by atoms with E-state index in [4.69, 9.17) is 25.8 Å². The molecule has 9 heteroatoms. The van der Waals surface area contributed by atoms with E-state index in [1.807, 2.05) is 0 Å². The highest BCUT2D eigenvalue weighted by molar-refractivity contribution is 9.10. The van der Waals surface area contributed by atoms with Crippen LogP contribution in [0.1, 0.15) is 62.4 Å². The van der Waals surface area contributed by atoms with Crippen LogP contribution in [0.5, 0.6) is 17.2 Å². The van der Waals surface area contributed by atoms with Crippen molar-refractivity contribution in [2.75, 3.05) is 6.61 Å². The second kappa shape index (κ2) is 9.04. The molecule has 7 nitrogen and oxygen atoms in total. The lowest BCUT2D eigenvalue weighted by Gasteiger charge is -2.27. The molecule has 2 aromatic carbocycles. The van der Waals surface area contributed by atoms with E-state index in [-0.39, 0.29) is 22.7 Å². The van der Waals surface area contributed by atoms with Gasteiger partial charge in [0.25, 0.3) is 0 Å². The summed E-state index contributed by atoms with van der Waals surface area (Å²) in [4.78, 5) is 23.3. The summed E-state index contributed by atoms with van der Waals surface area (Å²) in [6.45, 7) is 7.82. The normalized spacial score (nSPS) is 15.6. The molecule has 0 bridgehead atoms. The lowest BCUT2D eigenvalue weighted by molar-refractivity contribution is -0.385. The van der Waals surface area contributed by atoms with Crippen molar-refractivity contribution in [2.45, 2.75) is 52.1 Å². The van der Waals surface area contributed by atoms with Crippen LogP contribution in [-0.2, 0) is 4.74 Å². The lowest BCUT2D eigenvalue weighted by atomic mass is 9.91. The summed E-state index contributed by atoms with van der Waals surface area (Å²) in [5.41, 5.74) is -0.0679. The summed E-state index contributed by atoms with van der Waals surface area (Å²) in [6.07, 6.45) is 1.83. The maximum Gasteiger partial charge on any atom is 0.338 e. The standard InChI is InChI=1S/C22H23BrClNO6/c1-5-12-8-9-29-19-14(12)11-15(24)20(18(19)23)30-17-7-6-13(10-16(17)25(27)28)21(26)31-22(2,3)4/h6-7,10-12H,5,8-9H2,1-4H3. The van der Waals surface area contributed by atoms with E-state index >= 15 is 0 Å². The van der Waals surface area contributed by atoms with Gasteiger partial charge in [-0.1, -0.05) is 18.5 Å². The fourth-order valence-electron chi connectivity index (χ4n) is 3.35. The molecule has 0 aromatic heterocycles. The van der Waals surface area contributed by atoms with Gasteiger partial charge in [-0.25, -0.2) is 4.79 Å². The molecular formula is C22H23BrClNO6. The first-order valence-electron chi connectivity index (χ1n) is 9.86. The number of halogens is 2. The quantitative estimate of drug-likeness (QED) is 0.243. The van der Waals surface area contributed by atoms with Crippen LogP contribution in [-0.4, -0.2) is 23.1 Å². The number of hydrogen-bond donors (Lipinski definition) is 0. The number of nitro benzene ring substituents is 1. The highest BCUT2D eigenvalue weighted by Gasteiger charge is 2.29. The van der Waals surface area contributed by atoms with E-state index in [0.29, 0.717) is 27.8 Å². The van der Waals surface area contributed by atoms with Crippen molar-refractivity contribution in [3.8, 4) is 17.2 Å². The number of nitro groups is 1. The van der Waals surface area contributed by atoms with E-state index in [0.717, 1.165) is 24.5 Å². The average molecular weight is 513 g/mol. The van der Waals surface area contributed by atoms with E-state index in [1.54, 1.807) is 26.8 Å². The second-order valence-corrected chi connectivity index (χ2v) is 9.41. The number of nitrogens with zero attached hydrogens (tertiary/aromatic N) is 1. The number of hydrogen-bond acceptors (Lipinski definition) is 6. The Hall–Kier alpha value is -2.32. The van der Waals surface area contributed by atoms with Crippen LogP contribution >= 0.6 is 27.5 Å². The van der Waals surface area contributed by atoms with Gasteiger partial charge in [0.1, 0.15) is 15.8 Å². The molecule has 1 atom stereocenters. The smallest absolute Gasteiger partial charge is 0.338 e. The predicted molar refractivity (Wildman–Crippen MR) is 121 cm³/mol. The molecule has 0 saturated carbocycles. The zero-order valence-electron chi connectivity index (χ0n) is 17.7. The Bertz CT molecular complexity index is 1030. The molecule has 1 unspecified atom stereocenters. The molecule has 0 saturated heterocycles. The van der Waals surface area contributed by atoms with Crippen molar-refractivity contribution in [2.24, 2.45) is 0 Å². The maximum atomic E-state index is 12.3. The summed E-state index contributed by atoms with van der Waals surface area (Å²) < 4.78 is 17.5. The average Bonchev–Trinajstić information content (AvgIpc) is 2.69. The first kappa shape index (κ1) is 23.3. The zero-order chi connectivity index (χ0) is 22.9. The molecule has 166 valence electrons. The van der Waals surface area contributed by atoms with Gasteiger partial charge in [0.2, 0.25) is 5.75 Å². The molecule has 0 fully saturated rings. The Morgan fingerprint density at radius 1 is 1.35 bits per heavy atom. The number of esters is 1. The van der Waals surface area contributed by atoms with Crippen molar-refractivity contribution in [3.05, 3.63) is 55.0 Å². The molecule has 2 aromatic rings. The molecule has 3 rings (SSSR count). The first-order valence-corrected chi connectivity index (χ1v) is 11.0. The van der Waals surface area contributed by atoms with Crippen LogP contribution < -0.4 is 9.47 Å². The Balaban J connectivity index is 1.99. The van der Waals surface area contributed by atoms with Crippen LogP contribution in [0.3, 0.4) is 0 Å². The van der Waals surface area contributed by atoms with Gasteiger partial charge in [-0.05, 0) is 73.7 Å². The minimum atomic E-state index is -0.723. The number of ether oxygens (including phenoxy) is 3. The zero-order valence-corrected chi connectivity index (χ0v) is 20.0. The summed E-state index contributed by atoms with van der Waals surface area (Å²) in [6, 6.07) is 5.69. The summed E-state index contributed by atoms with van der Waals surface area (Å²) in [5, 5.41) is 12.0. The van der Waals surface area contributed by atoms with Gasteiger partial charge >= 0.3 is 11.7 Å². The molecular weight excluding hydrogens is 490 g/mol. The van der Waals surface area contributed by atoms with Crippen LogP contribution in [0.2, 0.25) is 5.02 Å². The number of benzene rings is 2. The van der Waals surface area contributed by atoms with E-state index in [2.05, 4.69) is 22.9 Å².